The van der Waals surface area contributed by atoms with E-state index in [0.29, 0.717) is 16.3 Å². The average Bonchev–Trinajstić information content (AvgIpc) is 2.78. The molecule has 1 aliphatic heterocycles. The van der Waals surface area contributed by atoms with E-state index in [1.165, 1.54) is 12.0 Å². The molecular formula is C24H24ClN3O4. The Morgan fingerprint density at radius 2 is 1.94 bits per heavy atom. The lowest BCUT2D eigenvalue weighted by molar-refractivity contribution is -0.147. The monoisotopic (exact) mass is 453 g/mol. The minimum absolute atomic E-state index is 0.183. The summed E-state index contributed by atoms with van der Waals surface area (Å²) in [6, 6.07) is 15.4. The van der Waals surface area contributed by atoms with Gasteiger partial charge in [0, 0.05) is 17.3 Å². The number of esters is 1. The first-order valence-corrected chi connectivity index (χ1v) is 10.4. The van der Waals surface area contributed by atoms with Crippen LogP contribution in [-0.2, 0) is 14.3 Å². The molecule has 2 unspecified atom stereocenters. The minimum Gasteiger partial charge on any atom is -0.468 e. The molecule has 166 valence electrons. The van der Waals surface area contributed by atoms with Crippen LogP contribution in [0.25, 0.3) is 6.08 Å². The largest absolute Gasteiger partial charge is 0.468 e. The van der Waals surface area contributed by atoms with Crippen molar-refractivity contribution >= 4 is 41.3 Å². The molecule has 0 bridgehead atoms. The Morgan fingerprint density at radius 1 is 1.19 bits per heavy atom. The highest BCUT2D eigenvalue weighted by molar-refractivity contribution is 6.30. The number of urea groups is 1. The van der Waals surface area contributed by atoms with E-state index in [4.69, 9.17) is 16.3 Å². The van der Waals surface area contributed by atoms with E-state index in [2.05, 4.69) is 10.3 Å². The molecule has 1 heterocycles. The van der Waals surface area contributed by atoms with Gasteiger partial charge in [-0.2, -0.15) is 0 Å². The van der Waals surface area contributed by atoms with Crippen LogP contribution in [0.4, 0.5) is 4.79 Å². The van der Waals surface area contributed by atoms with Crippen molar-refractivity contribution in [1.29, 1.82) is 0 Å². The lowest BCUT2D eigenvalue weighted by Gasteiger charge is -2.33. The van der Waals surface area contributed by atoms with Gasteiger partial charge in [-0.25, -0.2) is 9.79 Å². The smallest absolute Gasteiger partial charge is 0.341 e. The van der Waals surface area contributed by atoms with Crippen LogP contribution in [0.15, 0.2) is 65.7 Å². The number of amides is 3. The third-order valence-electron chi connectivity index (χ3n) is 5.11. The van der Waals surface area contributed by atoms with Crippen molar-refractivity contribution < 1.29 is 19.1 Å². The Balaban J connectivity index is 1.90. The zero-order chi connectivity index (χ0) is 23.1. The number of nitrogens with one attached hydrogen (secondary N) is 1. The van der Waals surface area contributed by atoms with E-state index in [1.807, 2.05) is 36.4 Å². The number of halogens is 1. The van der Waals surface area contributed by atoms with E-state index in [-0.39, 0.29) is 19.0 Å². The molecule has 2 aromatic rings. The summed E-state index contributed by atoms with van der Waals surface area (Å²) in [5.74, 6) is -1.68. The fraction of sp³-hybridized carbons (Fsp3) is 0.250. The zero-order valence-corrected chi connectivity index (χ0v) is 18.6. The van der Waals surface area contributed by atoms with Crippen molar-refractivity contribution in [3.63, 3.8) is 0 Å². The van der Waals surface area contributed by atoms with Gasteiger partial charge < -0.3 is 15.0 Å². The quantitative estimate of drug-likeness (QED) is 0.644. The van der Waals surface area contributed by atoms with Gasteiger partial charge >= 0.3 is 12.0 Å². The van der Waals surface area contributed by atoms with Gasteiger partial charge in [0.1, 0.15) is 12.5 Å². The highest BCUT2D eigenvalue weighted by Crippen LogP contribution is 2.30. The van der Waals surface area contributed by atoms with Crippen molar-refractivity contribution in [2.45, 2.75) is 13.0 Å². The van der Waals surface area contributed by atoms with Crippen molar-refractivity contribution in [1.82, 2.24) is 10.2 Å². The Kier molecular flexibility index (Phi) is 7.78. The Morgan fingerprint density at radius 3 is 2.62 bits per heavy atom. The first-order chi connectivity index (χ1) is 15.4. The predicted octanol–water partition coefficient (Wildman–Crippen LogP) is 3.90. The molecule has 32 heavy (non-hydrogen) atoms. The number of nitrogens with zero attached hydrogens (tertiary/aromatic N) is 2. The molecule has 8 heteroatoms. The van der Waals surface area contributed by atoms with Crippen molar-refractivity contribution in [2.75, 3.05) is 20.2 Å². The summed E-state index contributed by atoms with van der Waals surface area (Å²) < 4.78 is 4.78. The maximum atomic E-state index is 13.6. The standard InChI is InChI=1S/C24H24ClN3O4/c1-16-21(22(27-24(31)26-16)18-11-6-12-19(25)14-18)23(30)28(15-20(29)32-2)13-7-10-17-8-4-3-5-9-17/h3-12,14,21-22H,13,15H2,1-2H3,(H,27,31). The highest BCUT2D eigenvalue weighted by atomic mass is 35.5. The fourth-order valence-corrected chi connectivity index (χ4v) is 3.75. The predicted molar refractivity (Wildman–Crippen MR) is 123 cm³/mol. The van der Waals surface area contributed by atoms with Crippen LogP contribution in [0.1, 0.15) is 24.1 Å². The second-order valence-electron chi connectivity index (χ2n) is 7.32. The topological polar surface area (TPSA) is 88.1 Å². The third kappa shape index (κ3) is 5.82. The second-order valence-corrected chi connectivity index (χ2v) is 7.76. The summed E-state index contributed by atoms with van der Waals surface area (Å²) in [5, 5.41) is 3.25. The molecule has 1 aliphatic rings. The number of methoxy groups -OCH3 is 1. The summed E-state index contributed by atoms with van der Waals surface area (Å²) in [5.41, 5.74) is 2.01. The van der Waals surface area contributed by atoms with Gasteiger partial charge in [0.05, 0.1) is 13.2 Å². The van der Waals surface area contributed by atoms with Crippen LogP contribution >= 0.6 is 11.6 Å². The molecule has 2 atom stereocenters. The molecule has 0 aliphatic carbocycles. The van der Waals surface area contributed by atoms with Crippen LogP contribution in [0.3, 0.4) is 0 Å². The van der Waals surface area contributed by atoms with Crippen LogP contribution in [0.2, 0.25) is 5.02 Å². The van der Waals surface area contributed by atoms with E-state index in [1.54, 1.807) is 37.3 Å². The third-order valence-corrected chi connectivity index (χ3v) is 5.34. The fourth-order valence-electron chi connectivity index (χ4n) is 3.55. The number of ether oxygens (including phenoxy) is 1. The summed E-state index contributed by atoms with van der Waals surface area (Å²) in [7, 11) is 1.27. The molecule has 3 rings (SSSR count). The number of carbonyl (C=O) groups is 3. The molecular weight excluding hydrogens is 430 g/mol. The average molecular weight is 454 g/mol. The zero-order valence-electron chi connectivity index (χ0n) is 17.8. The van der Waals surface area contributed by atoms with E-state index >= 15 is 0 Å². The van der Waals surface area contributed by atoms with Gasteiger partial charge in [-0.1, -0.05) is 66.2 Å². The van der Waals surface area contributed by atoms with E-state index in [0.717, 1.165) is 5.56 Å². The molecule has 0 spiro atoms. The minimum atomic E-state index is -0.791. The van der Waals surface area contributed by atoms with Gasteiger partial charge in [-0.3, -0.25) is 9.59 Å². The normalized spacial score (nSPS) is 18.1. The maximum Gasteiger partial charge on any atom is 0.341 e. The summed E-state index contributed by atoms with van der Waals surface area (Å²) in [6.45, 7) is 1.59. The number of rotatable bonds is 7. The number of hydrogen-bond acceptors (Lipinski definition) is 4. The Bertz CT molecular complexity index is 1050. The van der Waals surface area contributed by atoms with Gasteiger partial charge in [-0.15, -0.1) is 0 Å². The van der Waals surface area contributed by atoms with Crippen molar-refractivity contribution in [2.24, 2.45) is 10.9 Å². The molecule has 7 nitrogen and oxygen atoms in total. The van der Waals surface area contributed by atoms with E-state index < -0.39 is 24.0 Å². The van der Waals surface area contributed by atoms with Gasteiger partial charge in [0.2, 0.25) is 5.91 Å². The van der Waals surface area contributed by atoms with Gasteiger partial charge in [-0.05, 0) is 30.2 Å². The molecule has 0 radical (unpaired) electrons. The second kappa shape index (κ2) is 10.7. The van der Waals surface area contributed by atoms with Crippen LogP contribution in [0.5, 0.6) is 0 Å². The Hall–Kier alpha value is -3.45. The first kappa shape index (κ1) is 23.2. The molecule has 0 saturated carbocycles. The van der Waals surface area contributed by atoms with Gasteiger partial charge in [0.25, 0.3) is 0 Å². The molecule has 0 aromatic heterocycles. The Labute approximate surface area is 191 Å². The van der Waals surface area contributed by atoms with Crippen LogP contribution in [-0.4, -0.2) is 48.7 Å². The summed E-state index contributed by atoms with van der Waals surface area (Å²) in [4.78, 5) is 43.0. The summed E-state index contributed by atoms with van der Waals surface area (Å²) >= 11 is 6.13. The number of hydrogen-bond donors (Lipinski definition) is 1. The molecule has 1 N–H and O–H groups in total. The lowest BCUT2D eigenvalue weighted by atomic mass is 9.87. The number of aliphatic imine (C=N–C) groups is 1. The molecule has 2 aromatic carbocycles. The van der Waals surface area contributed by atoms with Crippen molar-refractivity contribution in [3.8, 4) is 0 Å². The van der Waals surface area contributed by atoms with Crippen molar-refractivity contribution in [3.05, 3.63) is 76.8 Å². The number of carbonyl (C=O) groups excluding carboxylic acids is 3. The van der Waals surface area contributed by atoms with Gasteiger partial charge in [0.15, 0.2) is 0 Å². The first-order valence-electron chi connectivity index (χ1n) is 10.1. The SMILES string of the molecule is COC(=O)CN(CC=Cc1ccccc1)C(=O)C1C(C)=NC(=O)NC1c1cccc(Cl)c1. The van der Waals surface area contributed by atoms with Crippen LogP contribution in [0, 0.1) is 5.92 Å². The molecule has 0 saturated heterocycles. The van der Waals surface area contributed by atoms with E-state index in [9.17, 15) is 14.4 Å². The number of benzene rings is 2. The summed E-state index contributed by atoms with van der Waals surface area (Å²) in [6.07, 6.45) is 3.67. The lowest BCUT2D eigenvalue weighted by Crippen LogP contribution is -2.50. The molecule has 0 fully saturated rings. The molecule has 3 amide bonds. The van der Waals surface area contributed by atoms with Crippen LogP contribution < -0.4 is 5.32 Å². The highest BCUT2D eigenvalue weighted by Gasteiger charge is 2.39. The maximum absolute atomic E-state index is 13.6.